The lowest BCUT2D eigenvalue weighted by Gasteiger charge is -2.26. The van der Waals surface area contributed by atoms with Crippen molar-refractivity contribution in [3.8, 4) is 11.5 Å². The van der Waals surface area contributed by atoms with E-state index in [-0.39, 0.29) is 19.1 Å². The van der Waals surface area contributed by atoms with Crippen molar-refractivity contribution in [2.24, 2.45) is 0 Å². The lowest BCUT2D eigenvalue weighted by atomic mass is 9.84. The predicted octanol–water partition coefficient (Wildman–Crippen LogP) is 3.17. The summed E-state index contributed by atoms with van der Waals surface area (Å²) in [5.41, 5.74) is 1.76. The zero-order valence-electron chi connectivity index (χ0n) is 11.4. The fraction of sp³-hybridized carbons (Fsp3) is 0.188. The number of amides is 1. The number of fused-ring (bicyclic) bond motifs is 2. The van der Waals surface area contributed by atoms with Crippen molar-refractivity contribution in [2.75, 3.05) is 12.1 Å². The molecule has 0 spiro atoms. The summed E-state index contributed by atoms with van der Waals surface area (Å²) in [6.45, 7) is 0.117. The molecule has 112 valence electrons. The molecular weight excluding hydrogens is 292 g/mol. The summed E-state index contributed by atoms with van der Waals surface area (Å²) in [6.07, 6.45) is 0.121. The van der Waals surface area contributed by atoms with Crippen LogP contribution < -0.4 is 14.8 Å². The van der Waals surface area contributed by atoms with Gasteiger partial charge < -0.3 is 14.8 Å². The summed E-state index contributed by atoms with van der Waals surface area (Å²) in [4.78, 5) is 11.9. The van der Waals surface area contributed by atoms with Crippen LogP contribution in [-0.4, -0.2) is 12.7 Å². The fourth-order valence-corrected chi connectivity index (χ4v) is 2.92. The minimum Gasteiger partial charge on any atom is -0.454 e. The normalized spacial score (nSPS) is 18.8. The molecule has 1 atom stereocenters. The Hall–Kier alpha value is -2.63. The highest BCUT2D eigenvalue weighted by molar-refractivity contribution is 5.96. The summed E-state index contributed by atoms with van der Waals surface area (Å²) in [5.74, 6) is -0.849. The van der Waals surface area contributed by atoms with Crippen LogP contribution in [0.4, 0.5) is 14.5 Å². The lowest BCUT2D eigenvalue weighted by Crippen LogP contribution is -2.23. The van der Waals surface area contributed by atoms with Gasteiger partial charge >= 0.3 is 0 Å². The Labute approximate surface area is 124 Å². The van der Waals surface area contributed by atoms with E-state index in [2.05, 4.69) is 5.32 Å². The van der Waals surface area contributed by atoms with Crippen molar-refractivity contribution in [1.29, 1.82) is 0 Å². The quantitative estimate of drug-likeness (QED) is 0.880. The average molecular weight is 303 g/mol. The second-order valence-corrected chi connectivity index (χ2v) is 5.30. The number of hydrogen-bond acceptors (Lipinski definition) is 3. The molecule has 2 aliphatic heterocycles. The number of halogens is 2. The van der Waals surface area contributed by atoms with Crippen LogP contribution in [0.15, 0.2) is 30.3 Å². The standard InChI is InChI=1S/C16H11F2NO3/c17-9-1-8(2-10(18)3-9)11-5-16(20)19-13-6-15-14(4-12(11)13)21-7-22-15/h1-4,6,11H,5,7H2,(H,19,20)/t11-/m1/s1. The molecular formula is C16H11F2NO3. The highest BCUT2D eigenvalue weighted by Gasteiger charge is 2.30. The summed E-state index contributed by atoms with van der Waals surface area (Å²) in [6, 6.07) is 6.75. The van der Waals surface area contributed by atoms with Gasteiger partial charge in [0.05, 0.1) is 0 Å². The van der Waals surface area contributed by atoms with Gasteiger partial charge in [-0.25, -0.2) is 8.78 Å². The minimum atomic E-state index is -0.664. The molecule has 0 unspecified atom stereocenters. The van der Waals surface area contributed by atoms with E-state index >= 15 is 0 Å². The molecule has 1 N–H and O–H groups in total. The van der Waals surface area contributed by atoms with Gasteiger partial charge in [0.1, 0.15) is 11.6 Å². The summed E-state index contributed by atoms with van der Waals surface area (Å²) in [5, 5.41) is 2.76. The molecule has 0 saturated heterocycles. The van der Waals surface area contributed by atoms with Gasteiger partial charge in [0.2, 0.25) is 12.7 Å². The summed E-state index contributed by atoms with van der Waals surface area (Å²) < 4.78 is 37.6. The van der Waals surface area contributed by atoms with E-state index in [0.29, 0.717) is 22.7 Å². The first-order valence-electron chi connectivity index (χ1n) is 6.79. The van der Waals surface area contributed by atoms with Crippen LogP contribution >= 0.6 is 0 Å². The van der Waals surface area contributed by atoms with E-state index in [1.807, 2.05) is 0 Å². The van der Waals surface area contributed by atoms with Gasteiger partial charge in [0.15, 0.2) is 11.5 Å². The van der Waals surface area contributed by atoms with Crippen molar-refractivity contribution in [2.45, 2.75) is 12.3 Å². The monoisotopic (exact) mass is 303 g/mol. The van der Waals surface area contributed by atoms with Crippen molar-refractivity contribution in [3.63, 3.8) is 0 Å². The number of hydrogen-bond donors (Lipinski definition) is 1. The Balaban J connectivity index is 1.86. The molecule has 0 aromatic heterocycles. The van der Waals surface area contributed by atoms with E-state index in [4.69, 9.17) is 9.47 Å². The molecule has 0 radical (unpaired) electrons. The minimum absolute atomic E-state index is 0.117. The third kappa shape index (κ3) is 2.07. The first kappa shape index (κ1) is 13.1. The van der Waals surface area contributed by atoms with Gasteiger partial charge in [-0.2, -0.15) is 0 Å². The largest absolute Gasteiger partial charge is 0.454 e. The topological polar surface area (TPSA) is 47.6 Å². The Morgan fingerprint density at radius 2 is 1.68 bits per heavy atom. The van der Waals surface area contributed by atoms with E-state index < -0.39 is 17.6 Å². The molecule has 2 heterocycles. The Bertz CT molecular complexity index is 771. The second-order valence-electron chi connectivity index (χ2n) is 5.30. The fourth-order valence-electron chi connectivity index (χ4n) is 2.92. The maximum absolute atomic E-state index is 13.5. The highest BCUT2D eigenvalue weighted by atomic mass is 19.1. The number of benzene rings is 2. The number of anilines is 1. The third-order valence-corrected chi connectivity index (χ3v) is 3.87. The Morgan fingerprint density at radius 1 is 1.00 bits per heavy atom. The van der Waals surface area contributed by atoms with Gasteiger partial charge in [-0.15, -0.1) is 0 Å². The van der Waals surface area contributed by atoms with Crippen LogP contribution in [-0.2, 0) is 4.79 Å². The molecule has 0 bridgehead atoms. The van der Waals surface area contributed by atoms with Crippen LogP contribution in [0.5, 0.6) is 11.5 Å². The van der Waals surface area contributed by atoms with Crippen molar-refractivity contribution < 1.29 is 23.0 Å². The van der Waals surface area contributed by atoms with Crippen LogP contribution in [0.25, 0.3) is 0 Å². The Morgan fingerprint density at radius 3 is 2.41 bits per heavy atom. The van der Waals surface area contributed by atoms with Crippen molar-refractivity contribution in [1.82, 2.24) is 0 Å². The molecule has 0 aliphatic carbocycles. The SMILES string of the molecule is O=C1C[C@H](c2cc(F)cc(F)c2)c2cc3c(cc2N1)OCO3. The van der Waals surface area contributed by atoms with E-state index in [9.17, 15) is 13.6 Å². The number of carbonyl (C=O) groups is 1. The molecule has 4 nitrogen and oxygen atoms in total. The number of carbonyl (C=O) groups excluding carboxylic acids is 1. The molecule has 2 aromatic rings. The zero-order valence-corrected chi connectivity index (χ0v) is 11.4. The van der Waals surface area contributed by atoms with Gasteiger partial charge in [-0.05, 0) is 29.3 Å². The molecule has 0 fully saturated rings. The average Bonchev–Trinajstić information content (AvgIpc) is 2.90. The maximum Gasteiger partial charge on any atom is 0.231 e. The van der Waals surface area contributed by atoms with Crippen LogP contribution in [0.3, 0.4) is 0 Å². The molecule has 1 amide bonds. The maximum atomic E-state index is 13.5. The predicted molar refractivity (Wildman–Crippen MR) is 74.0 cm³/mol. The first-order valence-corrected chi connectivity index (χ1v) is 6.79. The molecule has 4 rings (SSSR count). The van der Waals surface area contributed by atoms with Crippen LogP contribution in [0.1, 0.15) is 23.5 Å². The molecule has 6 heteroatoms. The number of ether oxygens (including phenoxy) is 2. The second kappa shape index (κ2) is 4.69. The summed E-state index contributed by atoms with van der Waals surface area (Å²) in [7, 11) is 0. The highest BCUT2D eigenvalue weighted by Crippen LogP contribution is 2.44. The van der Waals surface area contributed by atoms with Gasteiger partial charge in [0, 0.05) is 30.2 Å². The smallest absolute Gasteiger partial charge is 0.231 e. The molecule has 2 aromatic carbocycles. The Kier molecular flexibility index (Phi) is 2.79. The molecule has 22 heavy (non-hydrogen) atoms. The van der Waals surface area contributed by atoms with Crippen LogP contribution in [0, 0.1) is 11.6 Å². The van der Waals surface area contributed by atoms with Crippen molar-refractivity contribution >= 4 is 11.6 Å². The van der Waals surface area contributed by atoms with E-state index in [1.165, 1.54) is 12.1 Å². The van der Waals surface area contributed by atoms with E-state index in [0.717, 1.165) is 11.6 Å². The number of rotatable bonds is 1. The van der Waals surface area contributed by atoms with Crippen molar-refractivity contribution in [3.05, 3.63) is 53.1 Å². The van der Waals surface area contributed by atoms with E-state index in [1.54, 1.807) is 12.1 Å². The van der Waals surface area contributed by atoms with Gasteiger partial charge in [-0.1, -0.05) is 0 Å². The third-order valence-electron chi connectivity index (χ3n) is 3.87. The zero-order chi connectivity index (χ0) is 15.3. The number of nitrogens with one attached hydrogen (secondary N) is 1. The first-order chi connectivity index (χ1) is 10.6. The summed E-state index contributed by atoms with van der Waals surface area (Å²) >= 11 is 0. The lowest BCUT2D eigenvalue weighted by molar-refractivity contribution is -0.116. The molecule has 0 saturated carbocycles. The molecule has 2 aliphatic rings. The van der Waals surface area contributed by atoms with Gasteiger partial charge in [0.25, 0.3) is 0 Å². The van der Waals surface area contributed by atoms with Gasteiger partial charge in [-0.3, -0.25) is 4.79 Å². The van der Waals surface area contributed by atoms with Crippen LogP contribution in [0.2, 0.25) is 0 Å².